The number of esters is 1. The average molecular weight is 729 g/mol. The SMILES string of the molecule is COC(=O)COCCOCCOCCOCCOCCOCCOCCOCCOCCOC(c1ccccc1)(c1ccccc1)c1ccccc1. The summed E-state index contributed by atoms with van der Waals surface area (Å²) in [5.74, 6) is -0.408. The number of ether oxygens (including phenoxy) is 11. The van der Waals surface area contributed by atoms with E-state index >= 15 is 0 Å². The van der Waals surface area contributed by atoms with Crippen LogP contribution in [0.4, 0.5) is 0 Å². The molecule has 0 saturated heterocycles. The molecule has 0 unspecified atom stereocenters. The lowest BCUT2D eigenvalue weighted by molar-refractivity contribution is -0.146. The van der Waals surface area contributed by atoms with Gasteiger partial charge in [-0.15, -0.1) is 0 Å². The molecule has 0 fully saturated rings. The Hall–Kier alpha value is -3.27. The largest absolute Gasteiger partial charge is 0.467 e. The van der Waals surface area contributed by atoms with Crippen LogP contribution in [0.15, 0.2) is 91.0 Å². The maximum absolute atomic E-state index is 10.9. The van der Waals surface area contributed by atoms with Crippen LogP contribution in [-0.4, -0.2) is 139 Å². The fraction of sp³-hybridized carbons (Fsp3) is 0.525. The molecule has 52 heavy (non-hydrogen) atoms. The smallest absolute Gasteiger partial charge is 0.331 e. The molecule has 0 spiro atoms. The standard InChI is InChI=1S/C40H56O12/c1-42-39(41)35-51-32-31-49-28-27-47-24-23-45-20-19-43-17-18-44-21-22-46-25-26-48-29-30-50-33-34-52-40(36-11-5-2-6-12-36,37-13-7-3-8-14-37)38-15-9-4-10-16-38/h2-16H,17-35H2,1H3. The Bertz CT molecular complexity index is 1150. The Morgan fingerprint density at radius 3 is 0.904 bits per heavy atom. The number of hydrogen-bond donors (Lipinski definition) is 0. The van der Waals surface area contributed by atoms with E-state index in [4.69, 9.17) is 47.4 Å². The third-order valence-electron chi connectivity index (χ3n) is 7.51. The minimum Gasteiger partial charge on any atom is -0.467 e. The van der Waals surface area contributed by atoms with Crippen molar-refractivity contribution < 1.29 is 56.9 Å². The molecule has 0 aliphatic rings. The monoisotopic (exact) mass is 728 g/mol. The normalized spacial score (nSPS) is 11.6. The minimum absolute atomic E-state index is 0.0725. The van der Waals surface area contributed by atoms with Crippen molar-refractivity contribution in [2.75, 3.05) is 133 Å². The van der Waals surface area contributed by atoms with Gasteiger partial charge in [-0.1, -0.05) is 91.0 Å². The van der Waals surface area contributed by atoms with Crippen molar-refractivity contribution in [2.24, 2.45) is 0 Å². The number of benzene rings is 3. The van der Waals surface area contributed by atoms with Crippen molar-refractivity contribution in [3.63, 3.8) is 0 Å². The summed E-state index contributed by atoms with van der Waals surface area (Å²) in [5.41, 5.74) is 2.44. The molecular weight excluding hydrogens is 672 g/mol. The molecule has 0 aromatic heterocycles. The molecule has 0 radical (unpaired) electrons. The summed E-state index contributed by atoms with van der Waals surface area (Å²) in [6.07, 6.45) is 0. The Morgan fingerprint density at radius 2 is 0.635 bits per heavy atom. The molecule has 0 atom stereocenters. The predicted octanol–water partition coefficient (Wildman–Crippen LogP) is 4.32. The highest BCUT2D eigenvalue weighted by Crippen LogP contribution is 2.40. The van der Waals surface area contributed by atoms with Gasteiger partial charge in [-0.3, -0.25) is 0 Å². The number of carbonyl (C=O) groups excluding carboxylic acids is 1. The third kappa shape index (κ3) is 18.0. The molecule has 0 amide bonds. The minimum atomic E-state index is -0.755. The van der Waals surface area contributed by atoms with Gasteiger partial charge in [-0.2, -0.15) is 0 Å². The number of hydrogen-bond acceptors (Lipinski definition) is 12. The molecular formula is C40H56O12. The van der Waals surface area contributed by atoms with Crippen LogP contribution in [0.3, 0.4) is 0 Å². The lowest BCUT2D eigenvalue weighted by atomic mass is 9.80. The molecule has 0 N–H and O–H groups in total. The second-order valence-corrected chi connectivity index (χ2v) is 11.2. The molecule has 0 heterocycles. The van der Waals surface area contributed by atoms with Crippen LogP contribution in [0.5, 0.6) is 0 Å². The summed E-state index contributed by atoms with van der Waals surface area (Å²) in [7, 11) is 1.32. The summed E-state index contributed by atoms with van der Waals surface area (Å²) in [5, 5.41) is 0. The Morgan fingerprint density at radius 1 is 0.385 bits per heavy atom. The first-order valence-corrected chi connectivity index (χ1v) is 17.8. The Kier molecular flexibility index (Phi) is 24.2. The number of carbonyl (C=O) groups is 1. The van der Waals surface area contributed by atoms with Gasteiger partial charge in [0.15, 0.2) is 0 Å². The van der Waals surface area contributed by atoms with Gasteiger partial charge in [-0.25, -0.2) is 4.79 Å². The Labute approximate surface area is 308 Å². The zero-order valence-corrected chi connectivity index (χ0v) is 30.5. The van der Waals surface area contributed by atoms with E-state index in [1.807, 2.05) is 54.6 Å². The topological polar surface area (TPSA) is 119 Å². The number of methoxy groups -OCH3 is 1. The van der Waals surface area contributed by atoms with Crippen molar-refractivity contribution in [1.82, 2.24) is 0 Å². The van der Waals surface area contributed by atoms with E-state index in [-0.39, 0.29) is 6.61 Å². The van der Waals surface area contributed by atoms with Gasteiger partial charge >= 0.3 is 5.97 Å². The van der Waals surface area contributed by atoms with Crippen LogP contribution in [0.2, 0.25) is 0 Å². The first-order valence-electron chi connectivity index (χ1n) is 17.8. The average Bonchev–Trinajstić information content (AvgIpc) is 3.19. The van der Waals surface area contributed by atoms with E-state index in [1.165, 1.54) is 7.11 Å². The highest BCUT2D eigenvalue weighted by molar-refractivity contribution is 5.70. The number of rotatable bonds is 33. The zero-order valence-electron chi connectivity index (χ0n) is 30.5. The zero-order chi connectivity index (χ0) is 36.6. The first kappa shape index (κ1) is 43.1. The molecule has 0 bridgehead atoms. The van der Waals surface area contributed by atoms with Crippen LogP contribution in [-0.2, 0) is 62.5 Å². The molecule has 3 rings (SSSR count). The lowest BCUT2D eigenvalue weighted by Gasteiger charge is -2.36. The van der Waals surface area contributed by atoms with E-state index in [0.717, 1.165) is 16.7 Å². The van der Waals surface area contributed by atoms with Gasteiger partial charge in [0.05, 0.1) is 126 Å². The molecule has 3 aromatic carbocycles. The van der Waals surface area contributed by atoms with Crippen LogP contribution in [0.25, 0.3) is 0 Å². The molecule has 12 nitrogen and oxygen atoms in total. The highest BCUT2D eigenvalue weighted by atomic mass is 16.6. The van der Waals surface area contributed by atoms with Gasteiger partial charge in [0.2, 0.25) is 0 Å². The lowest BCUT2D eigenvalue weighted by Crippen LogP contribution is -2.34. The quantitative estimate of drug-likeness (QED) is 0.0505. The summed E-state index contributed by atoms with van der Waals surface area (Å²) in [6.45, 7) is 8.17. The van der Waals surface area contributed by atoms with Gasteiger partial charge in [-0.05, 0) is 16.7 Å². The molecule has 3 aromatic rings. The van der Waals surface area contributed by atoms with Crippen LogP contribution < -0.4 is 0 Å². The fourth-order valence-corrected chi connectivity index (χ4v) is 5.00. The molecule has 0 saturated carbocycles. The van der Waals surface area contributed by atoms with Crippen molar-refractivity contribution in [3.05, 3.63) is 108 Å². The van der Waals surface area contributed by atoms with Gasteiger partial charge in [0, 0.05) is 0 Å². The van der Waals surface area contributed by atoms with Crippen LogP contribution >= 0.6 is 0 Å². The Balaban J connectivity index is 1.09. The fourth-order valence-electron chi connectivity index (χ4n) is 5.00. The van der Waals surface area contributed by atoms with Crippen LogP contribution in [0.1, 0.15) is 16.7 Å². The molecule has 288 valence electrons. The summed E-state index contributed by atoms with van der Waals surface area (Å²) >= 11 is 0. The summed E-state index contributed by atoms with van der Waals surface area (Å²) in [6, 6.07) is 30.9. The van der Waals surface area contributed by atoms with Crippen molar-refractivity contribution in [2.45, 2.75) is 5.60 Å². The van der Waals surface area contributed by atoms with Gasteiger partial charge in [0.1, 0.15) is 12.2 Å². The molecule has 12 heteroatoms. The van der Waals surface area contributed by atoms with Crippen molar-refractivity contribution >= 4 is 5.97 Å². The van der Waals surface area contributed by atoms with Crippen molar-refractivity contribution in [1.29, 1.82) is 0 Å². The van der Waals surface area contributed by atoms with E-state index < -0.39 is 11.6 Å². The second-order valence-electron chi connectivity index (χ2n) is 11.2. The summed E-state index contributed by atoms with van der Waals surface area (Å²) in [4.78, 5) is 10.9. The van der Waals surface area contributed by atoms with E-state index in [2.05, 4.69) is 41.1 Å². The first-order chi connectivity index (χ1) is 25.8. The maximum atomic E-state index is 10.9. The van der Waals surface area contributed by atoms with Gasteiger partial charge < -0.3 is 52.1 Å². The van der Waals surface area contributed by atoms with Gasteiger partial charge in [0.25, 0.3) is 0 Å². The molecule has 0 aliphatic heterocycles. The van der Waals surface area contributed by atoms with E-state index in [1.54, 1.807) is 0 Å². The maximum Gasteiger partial charge on any atom is 0.331 e. The molecule has 0 aliphatic carbocycles. The van der Waals surface area contributed by atoms with E-state index in [0.29, 0.717) is 119 Å². The third-order valence-corrected chi connectivity index (χ3v) is 7.51. The van der Waals surface area contributed by atoms with Crippen molar-refractivity contribution in [3.8, 4) is 0 Å². The van der Waals surface area contributed by atoms with Crippen LogP contribution in [0, 0.1) is 0 Å². The predicted molar refractivity (Wildman–Crippen MR) is 195 cm³/mol. The second kappa shape index (κ2) is 29.2. The summed E-state index contributed by atoms with van der Waals surface area (Å²) < 4.78 is 60.6. The highest BCUT2D eigenvalue weighted by Gasteiger charge is 2.37. The van der Waals surface area contributed by atoms with E-state index in [9.17, 15) is 4.79 Å².